The lowest BCUT2D eigenvalue weighted by atomic mass is 10.1. The van der Waals surface area contributed by atoms with Gasteiger partial charge in [-0.2, -0.15) is 13.2 Å². The van der Waals surface area contributed by atoms with Crippen LogP contribution in [0.25, 0.3) is 0 Å². The number of halogens is 3. The third-order valence-corrected chi connectivity index (χ3v) is 7.60. The molecule has 10 nitrogen and oxygen atoms in total. The molecule has 1 aliphatic carbocycles. The summed E-state index contributed by atoms with van der Waals surface area (Å²) in [5, 5.41) is 0. The number of sulfonamides is 1. The normalized spacial score (nSPS) is 18.0. The van der Waals surface area contributed by atoms with E-state index in [0.29, 0.717) is 30.5 Å². The fraction of sp³-hybridized carbons (Fsp3) is 0.316. The van der Waals surface area contributed by atoms with Crippen molar-refractivity contribution in [3.05, 3.63) is 48.3 Å². The Balaban J connectivity index is 1.65. The van der Waals surface area contributed by atoms with E-state index < -0.39 is 47.7 Å². The minimum Gasteiger partial charge on any atom is -0.305 e. The highest BCUT2D eigenvalue weighted by molar-refractivity contribution is 7.92. The van der Waals surface area contributed by atoms with Gasteiger partial charge in [-0.05, 0) is 48.7 Å². The number of hydrogen-bond donors (Lipinski definition) is 1. The summed E-state index contributed by atoms with van der Waals surface area (Å²) >= 11 is 0. The van der Waals surface area contributed by atoms with Crippen molar-refractivity contribution < 1.29 is 39.6 Å². The second-order valence-electron chi connectivity index (χ2n) is 7.89. The quantitative estimate of drug-likeness (QED) is 0.580. The monoisotopic (exact) mass is 518 g/mol. The second kappa shape index (κ2) is 7.66. The molecule has 1 N–H and O–H groups in total. The van der Waals surface area contributed by atoms with Gasteiger partial charge in [-0.3, -0.25) is 14.5 Å². The number of alkyl halides is 3. The van der Waals surface area contributed by atoms with Gasteiger partial charge in [-0.25, -0.2) is 26.5 Å². The lowest BCUT2D eigenvalue weighted by molar-refractivity contribution is -0.120. The average Bonchev–Trinajstić information content (AvgIpc) is 3.50. The highest BCUT2D eigenvalue weighted by Gasteiger charge is 2.65. The molecule has 182 valence electrons. The zero-order valence-electron chi connectivity index (χ0n) is 17.4. The van der Waals surface area contributed by atoms with Crippen LogP contribution in [-0.4, -0.2) is 56.0 Å². The third-order valence-electron chi connectivity index (χ3n) is 5.51. The Labute approximate surface area is 192 Å². The van der Waals surface area contributed by atoms with Crippen LogP contribution in [0.1, 0.15) is 18.4 Å². The molecule has 2 aliphatic rings. The van der Waals surface area contributed by atoms with Crippen molar-refractivity contribution in [1.29, 1.82) is 0 Å². The molecular weight excluding hydrogens is 501 g/mol. The largest absolute Gasteiger partial charge is 0.501 e. The van der Waals surface area contributed by atoms with E-state index in [0.717, 1.165) is 23.3 Å². The number of carbonyl (C=O) groups excluding carboxylic acids is 2. The Bertz CT molecular complexity index is 1390. The SMILES string of the molecule is CS(=O)(=O)Nc1cnccc1CN1C(=O)N(c2ccc(S(=O)(=O)C(F)(F)F)cc2)C(=O)C12CC2. The van der Waals surface area contributed by atoms with Crippen molar-refractivity contribution in [2.24, 2.45) is 0 Å². The summed E-state index contributed by atoms with van der Waals surface area (Å²) in [7, 11) is -9.24. The number of nitrogens with zero attached hydrogens (tertiary/aromatic N) is 3. The topological polar surface area (TPSA) is 134 Å². The summed E-state index contributed by atoms with van der Waals surface area (Å²) in [6.45, 7) is -0.137. The van der Waals surface area contributed by atoms with Gasteiger partial charge in [-0.15, -0.1) is 0 Å². The molecule has 34 heavy (non-hydrogen) atoms. The summed E-state index contributed by atoms with van der Waals surface area (Å²) in [4.78, 5) is 31.2. The molecule has 3 amide bonds. The van der Waals surface area contributed by atoms with Crippen LogP contribution in [0.4, 0.5) is 29.3 Å². The number of pyridine rings is 1. The van der Waals surface area contributed by atoms with Crippen LogP contribution in [0.15, 0.2) is 47.6 Å². The van der Waals surface area contributed by atoms with E-state index in [9.17, 15) is 39.6 Å². The Kier molecular flexibility index (Phi) is 5.39. The van der Waals surface area contributed by atoms with Crippen LogP contribution in [-0.2, 0) is 31.2 Å². The average molecular weight is 518 g/mol. The number of anilines is 2. The van der Waals surface area contributed by atoms with Crippen LogP contribution >= 0.6 is 0 Å². The number of rotatable bonds is 6. The van der Waals surface area contributed by atoms with E-state index in [-0.39, 0.29) is 17.9 Å². The fourth-order valence-electron chi connectivity index (χ4n) is 3.69. The van der Waals surface area contributed by atoms with Gasteiger partial charge in [0.25, 0.3) is 15.7 Å². The smallest absolute Gasteiger partial charge is 0.305 e. The third kappa shape index (κ3) is 3.98. The molecule has 1 aromatic carbocycles. The van der Waals surface area contributed by atoms with E-state index in [1.807, 2.05) is 0 Å². The minimum atomic E-state index is -5.59. The molecule has 1 aliphatic heterocycles. The Hall–Kier alpha value is -3.20. The van der Waals surface area contributed by atoms with Crippen LogP contribution in [0.5, 0.6) is 0 Å². The van der Waals surface area contributed by atoms with Gasteiger partial charge >= 0.3 is 11.5 Å². The van der Waals surface area contributed by atoms with Gasteiger partial charge in [0.1, 0.15) is 5.54 Å². The molecule has 2 aromatic rings. The molecule has 1 saturated heterocycles. The van der Waals surface area contributed by atoms with Crippen molar-refractivity contribution >= 4 is 43.2 Å². The van der Waals surface area contributed by atoms with Crippen molar-refractivity contribution in [1.82, 2.24) is 9.88 Å². The fourth-order valence-corrected chi connectivity index (χ4v) is 5.04. The first-order chi connectivity index (χ1) is 15.7. The van der Waals surface area contributed by atoms with Gasteiger partial charge in [0.2, 0.25) is 10.0 Å². The van der Waals surface area contributed by atoms with E-state index in [2.05, 4.69) is 9.71 Å². The van der Waals surface area contributed by atoms with Crippen LogP contribution < -0.4 is 9.62 Å². The number of imide groups is 1. The van der Waals surface area contributed by atoms with Gasteiger partial charge in [-0.1, -0.05) is 0 Å². The number of aromatic nitrogens is 1. The number of hydrogen-bond acceptors (Lipinski definition) is 7. The maximum absolute atomic E-state index is 13.2. The standard InChI is InChI=1S/C19H17F3N4O6S2/c1-33(29,30)24-15-10-23-9-6-12(15)11-25-17(28)26(16(27)18(25)7-8-18)13-2-4-14(5-3-13)34(31,32)19(20,21)22/h2-6,9-10,24H,7-8,11H2,1H3. The van der Waals surface area contributed by atoms with Crippen LogP contribution in [0.2, 0.25) is 0 Å². The summed E-state index contributed by atoms with van der Waals surface area (Å²) in [6, 6.07) is 3.99. The molecule has 1 saturated carbocycles. The number of nitrogens with one attached hydrogen (secondary N) is 1. The molecule has 1 spiro atoms. The van der Waals surface area contributed by atoms with Crippen molar-refractivity contribution in [2.75, 3.05) is 15.9 Å². The maximum atomic E-state index is 13.2. The Morgan fingerprint density at radius 1 is 1.06 bits per heavy atom. The summed E-state index contributed by atoms with van der Waals surface area (Å²) in [5.74, 6) is -0.601. The predicted octanol–water partition coefficient (Wildman–Crippen LogP) is 2.25. The number of urea groups is 1. The number of sulfone groups is 1. The number of amides is 3. The van der Waals surface area contributed by atoms with Crippen molar-refractivity contribution in [3.63, 3.8) is 0 Å². The van der Waals surface area contributed by atoms with Crippen LogP contribution in [0.3, 0.4) is 0 Å². The van der Waals surface area contributed by atoms with Gasteiger partial charge in [0, 0.05) is 6.20 Å². The molecule has 2 fully saturated rings. The highest BCUT2D eigenvalue weighted by atomic mass is 32.2. The molecule has 4 rings (SSSR count). The van der Waals surface area contributed by atoms with E-state index in [1.165, 1.54) is 23.4 Å². The minimum absolute atomic E-state index is 0.0888. The van der Waals surface area contributed by atoms with Crippen LogP contribution in [0, 0.1) is 0 Å². The van der Waals surface area contributed by atoms with Gasteiger partial charge in [0.05, 0.1) is 35.3 Å². The van der Waals surface area contributed by atoms with Crippen molar-refractivity contribution in [2.45, 2.75) is 35.3 Å². The lowest BCUT2D eigenvalue weighted by Gasteiger charge is -2.22. The zero-order chi connectivity index (χ0) is 25.1. The van der Waals surface area contributed by atoms with E-state index in [1.54, 1.807) is 0 Å². The summed E-state index contributed by atoms with van der Waals surface area (Å²) in [5.41, 5.74) is -6.25. The zero-order valence-corrected chi connectivity index (χ0v) is 19.0. The summed E-state index contributed by atoms with van der Waals surface area (Å²) in [6.07, 6.45) is 4.28. The highest BCUT2D eigenvalue weighted by Crippen LogP contribution is 2.50. The summed E-state index contributed by atoms with van der Waals surface area (Å²) < 4.78 is 87.1. The van der Waals surface area contributed by atoms with E-state index in [4.69, 9.17) is 0 Å². The molecule has 1 aromatic heterocycles. The lowest BCUT2D eigenvalue weighted by Crippen LogP contribution is -2.36. The number of benzene rings is 1. The first-order valence-corrected chi connectivity index (χ1v) is 13.0. The second-order valence-corrected chi connectivity index (χ2v) is 11.6. The van der Waals surface area contributed by atoms with Gasteiger partial charge < -0.3 is 4.90 Å². The molecule has 0 unspecified atom stereocenters. The van der Waals surface area contributed by atoms with Crippen molar-refractivity contribution in [3.8, 4) is 0 Å². The first-order valence-electron chi connectivity index (χ1n) is 9.66. The maximum Gasteiger partial charge on any atom is 0.501 e. The molecular formula is C19H17F3N4O6S2. The van der Waals surface area contributed by atoms with Gasteiger partial charge in [0.15, 0.2) is 0 Å². The Morgan fingerprint density at radius 3 is 2.21 bits per heavy atom. The van der Waals surface area contributed by atoms with E-state index >= 15 is 0 Å². The molecule has 0 atom stereocenters. The molecule has 2 heterocycles. The first kappa shape index (κ1) is 23.9. The predicted molar refractivity (Wildman–Crippen MR) is 113 cm³/mol. The molecule has 0 radical (unpaired) electrons. The number of carbonyl (C=O) groups is 2. The molecule has 0 bridgehead atoms. The Morgan fingerprint density at radius 2 is 1.68 bits per heavy atom. The molecule has 15 heteroatoms.